The van der Waals surface area contributed by atoms with Gasteiger partial charge in [0.1, 0.15) is 11.3 Å². The molecule has 1 saturated heterocycles. The number of hydrogen-bond acceptors (Lipinski definition) is 4. The molecule has 0 unspecified atom stereocenters. The van der Waals surface area contributed by atoms with Gasteiger partial charge in [0.2, 0.25) is 0 Å². The lowest BCUT2D eigenvalue weighted by molar-refractivity contribution is 0.154. The molecule has 1 aliphatic heterocycles. The summed E-state index contributed by atoms with van der Waals surface area (Å²) in [4.78, 5) is 2.33. The van der Waals surface area contributed by atoms with Crippen LogP contribution in [0.3, 0.4) is 0 Å². The van der Waals surface area contributed by atoms with Crippen molar-refractivity contribution in [1.82, 2.24) is 9.91 Å². The summed E-state index contributed by atoms with van der Waals surface area (Å²) < 4.78 is 6.11. The minimum absolute atomic E-state index is 0.849. The van der Waals surface area contributed by atoms with Crippen LogP contribution >= 0.6 is 0 Å². The van der Waals surface area contributed by atoms with Crippen LogP contribution in [0.4, 0.5) is 0 Å². The zero-order chi connectivity index (χ0) is 16.4. The molecule has 1 fully saturated rings. The van der Waals surface area contributed by atoms with Crippen LogP contribution in [-0.2, 0) is 0 Å². The standard InChI is InChI=1S/C20H21N3O/c1-22-11-13-23(14-12-22)21-18-15-20(16-7-3-2-4-8-16)24-19-10-6-5-9-17(18)19/h2-10,15H,11-14H2,1H3. The first kappa shape index (κ1) is 15.0. The topological polar surface area (TPSA) is 32.0 Å². The Kier molecular flexibility index (Phi) is 4.05. The number of fused-ring (bicyclic) bond motifs is 1. The van der Waals surface area contributed by atoms with Crippen molar-refractivity contribution >= 4 is 11.0 Å². The first-order valence-electron chi connectivity index (χ1n) is 8.36. The fraction of sp³-hybridized carbons (Fsp3) is 0.250. The second-order valence-corrected chi connectivity index (χ2v) is 6.22. The van der Waals surface area contributed by atoms with Crippen molar-refractivity contribution in [3.8, 4) is 11.3 Å². The number of para-hydroxylation sites is 1. The Morgan fingerprint density at radius 1 is 0.875 bits per heavy atom. The lowest BCUT2D eigenvalue weighted by atomic mass is 10.1. The number of likely N-dealkylation sites (N-methyl/N-ethyl adjacent to an activating group) is 1. The van der Waals surface area contributed by atoms with Crippen LogP contribution in [0.1, 0.15) is 0 Å². The highest BCUT2D eigenvalue weighted by atomic mass is 16.3. The van der Waals surface area contributed by atoms with Crippen LogP contribution in [0.2, 0.25) is 0 Å². The molecule has 0 bridgehead atoms. The molecule has 0 saturated carbocycles. The normalized spacial score (nSPS) is 16.7. The van der Waals surface area contributed by atoms with Crippen LogP contribution in [0.5, 0.6) is 0 Å². The van der Waals surface area contributed by atoms with Gasteiger partial charge in [-0.3, -0.25) is 5.01 Å². The maximum Gasteiger partial charge on any atom is 0.136 e. The van der Waals surface area contributed by atoms with Gasteiger partial charge >= 0.3 is 0 Å². The van der Waals surface area contributed by atoms with E-state index < -0.39 is 0 Å². The molecule has 2 aromatic carbocycles. The van der Waals surface area contributed by atoms with Gasteiger partial charge in [-0.2, -0.15) is 5.10 Å². The maximum absolute atomic E-state index is 6.11. The predicted molar refractivity (Wildman–Crippen MR) is 96.3 cm³/mol. The summed E-state index contributed by atoms with van der Waals surface area (Å²) in [5.74, 6) is 0.849. The van der Waals surface area contributed by atoms with Gasteiger partial charge in [0.05, 0.1) is 5.36 Å². The van der Waals surface area contributed by atoms with Crippen LogP contribution in [-0.4, -0.2) is 43.1 Å². The zero-order valence-corrected chi connectivity index (χ0v) is 13.9. The number of benzene rings is 2. The second kappa shape index (κ2) is 6.49. The van der Waals surface area contributed by atoms with Crippen molar-refractivity contribution in [2.45, 2.75) is 0 Å². The van der Waals surface area contributed by atoms with E-state index in [0.29, 0.717) is 0 Å². The van der Waals surface area contributed by atoms with E-state index in [2.05, 4.69) is 41.2 Å². The largest absolute Gasteiger partial charge is 0.456 e. The molecule has 1 aliphatic rings. The maximum atomic E-state index is 6.11. The van der Waals surface area contributed by atoms with Gasteiger partial charge in [-0.15, -0.1) is 0 Å². The molecule has 0 aliphatic carbocycles. The molecule has 0 spiro atoms. The van der Waals surface area contributed by atoms with Crippen LogP contribution in [0.15, 0.2) is 70.2 Å². The average Bonchev–Trinajstić information content (AvgIpc) is 2.64. The Hall–Kier alpha value is -2.59. The Balaban J connectivity index is 1.84. The Bertz CT molecular complexity index is 893. The third-order valence-corrected chi connectivity index (χ3v) is 4.44. The van der Waals surface area contributed by atoms with Crippen molar-refractivity contribution in [1.29, 1.82) is 0 Å². The van der Waals surface area contributed by atoms with E-state index in [1.807, 2.05) is 36.4 Å². The van der Waals surface area contributed by atoms with E-state index in [-0.39, 0.29) is 0 Å². The molecule has 4 nitrogen and oxygen atoms in total. The molecule has 3 aromatic rings. The first-order chi connectivity index (χ1) is 11.8. The Morgan fingerprint density at radius 3 is 2.38 bits per heavy atom. The van der Waals surface area contributed by atoms with Gasteiger partial charge in [0, 0.05) is 43.2 Å². The van der Waals surface area contributed by atoms with Crippen LogP contribution in [0, 0.1) is 0 Å². The van der Waals surface area contributed by atoms with Gasteiger partial charge in [-0.05, 0) is 19.2 Å². The average molecular weight is 319 g/mol. The molecule has 2 heterocycles. The van der Waals surface area contributed by atoms with E-state index in [1.165, 1.54) is 0 Å². The minimum Gasteiger partial charge on any atom is -0.456 e. The Morgan fingerprint density at radius 2 is 1.58 bits per heavy atom. The zero-order valence-electron chi connectivity index (χ0n) is 13.9. The quantitative estimate of drug-likeness (QED) is 0.727. The molecule has 0 N–H and O–H groups in total. The summed E-state index contributed by atoms with van der Waals surface area (Å²) >= 11 is 0. The Labute approximate surface area is 141 Å². The highest BCUT2D eigenvalue weighted by Crippen LogP contribution is 2.21. The molecule has 122 valence electrons. The van der Waals surface area contributed by atoms with Gasteiger partial charge in [-0.25, -0.2) is 0 Å². The summed E-state index contributed by atoms with van der Waals surface area (Å²) in [5, 5.41) is 9.10. The van der Waals surface area contributed by atoms with Crippen molar-refractivity contribution in [3.63, 3.8) is 0 Å². The molecular formula is C20H21N3O. The van der Waals surface area contributed by atoms with Crippen LogP contribution in [0.25, 0.3) is 22.3 Å². The van der Waals surface area contributed by atoms with Gasteiger partial charge in [-0.1, -0.05) is 42.5 Å². The molecule has 1 aromatic heterocycles. The molecule has 24 heavy (non-hydrogen) atoms. The van der Waals surface area contributed by atoms with E-state index in [0.717, 1.165) is 53.8 Å². The molecular weight excluding hydrogens is 298 g/mol. The van der Waals surface area contributed by atoms with E-state index in [4.69, 9.17) is 9.52 Å². The molecule has 0 amide bonds. The highest BCUT2D eigenvalue weighted by molar-refractivity contribution is 5.78. The summed E-state index contributed by atoms with van der Waals surface area (Å²) in [6.45, 7) is 4.00. The molecule has 0 radical (unpaired) electrons. The summed E-state index contributed by atoms with van der Waals surface area (Å²) in [7, 11) is 2.15. The number of piperazine rings is 1. The lowest BCUT2D eigenvalue weighted by Gasteiger charge is -2.30. The van der Waals surface area contributed by atoms with Crippen molar-refractivity contribution in [3.05, 3.63) is 66.0 Å². The fourth-order valence-electron chi connectivity index (χ4n) is 2.99. The van der Waals surface area contributed by atoms with Crippen molar-refractivity contribution < 1.29 is 4.42 Å². The predicted octanol–water partition coefficient (Wildman–Crippen LogP) is 3.16. The lowest BCUT2D eigenvalue weighted by Crippen LogP contribution is -2.42. The van der Waals surface area contributed by atoms with E-state index in [9.17, 15) is 0 Å². The van der Waals surface area contributed by atoms with Gasteiger partial charge in [0.25, 0.3) is 0 Å². The number of rotatable bonds is 2. The third kappa shape index (κ3) is 3.05. The van der Waals surface area contributed by atoms with E-state index in [1.54, 1.807) is 0 Å². The SMILES string of the molecule is CN1CCN(N=c2cc(-c3ccccc3)oc3ccccc23)CC1. The fourth-order valence-corrected chi connectivity index (χ4v) is 2.99. The smallest absolute Gasteiger partial charge is 0.136 e. The summed E-state index contributed by atoms with van der Waals surface area (Å²) in [5.41, 5.74) is 1.94. The number of hydrogen-bond donors (Lipinski definition) is 0. The minimum atomic E-state index is 0.849. The van der Waals surface area contributed by atoms with Gasteiger partial charge < -0.3 is 9.32 Å². The second-order valence-electron chi connectivity index (χ2n) is 6.22. The number of nitrogens with zero attached hydrogens (tertiary/aromatic N) is 3. The van der Waals surface area contributed by atoms with E-state index >= 15 is 0 Å². The van der Waals surface area contributed by atoms with Crippen LogP contribution < -0.4 is 5.36 Å². The van der Waals surface area contributed by atoms with Crippen molar-refractivity contribution in [2.24, 2.45) is 5.10 Å². The summed E-state index contributed by atoms with van der Waals surface area (Å²) in [6.07, 6.45) is 0. The highest BCUT2D eigenvalue weighted by Gasteiger charge is 2.12. The third-order valence-electron chi connectivity index (χ3n) is 4.44. The molecule has 4 heteroatoms. The summed E-state index contributed by atoms with van der Waals surface area (Å²) in [6, 6.07) is 20.3. The monoisotopic (exact) mass is 319 g/mol. The molecule has 4 rings (SSSR count). The molecule has 0 atom stereocenters. The van der Waals surface area contributed by atoms with Gasteiger partial charge in [0.15, 0.2) is 0 Å². The van der Waals surface area contributed by atoms with Crippen molar-refractivity contribution in [2.75, 3.05) is 33.2 Å². The first-order valence-corrected chi connectivity index (χ1v) is 8.36.